The molecule has 1 aliphatic rings. The average molecular weight is 224 g/mol. The molecule has 1 fully saturated rings. The fraction of sp³-hybridized carbons (Fsp3) is 1.00. The van der Waals surface area contributed by atoms with Gasteiger partial charge in [-0.05, 0) is 0 Å². The summed E-state index contributed by atoms with van der Waals surface area (Å²) in [4.78, 5) is 0. The minimum atomic E-state index is 1.50. The van der Waals surface area contributed by atoms with E-state index < -0.39 is 0 Å². The van der Waals surface area contributed by atoms with Gasteiger partial charge in [-0.2, -0.15) is 0 Å². The van der Waals surface area contributed by atoms with E-state index in [1.165, 1.54) is 38.5 Å². The number of hydrogen-bond acceptors (Lipinski definition) is 1. The number of rotatable bonds is 0. The second-order valence-corrected chi connectivity index (χ2v) is 2.12. The Morgan fingerprint density at radius 2 is 0.750 bits per heavy atom. The monoisotopic (exact) mass is 223 g/mol. The van der Waals surface area contributed by atoms with Crippen molar-refractivity contribution in [3.63, 3.8) is 0 Å². The Morgan fingerprint density at radius 3 is 0.875 bits per heavy atom. The Balaban J connectivity index is 0.000000222. The van der Waals surface area contributed by atoms with Gasteiger partial charge in [0.1, 0.15) is 0 Å². The summed E-state index contributed by atoms with van der Waals surface area (Å²) in [5, 5.41) is 0. The van der Waals surface area contributed by atoms with Crippen LogP contribution in [0.25, 0.3) is 0 Å². The van der Waals surface area contributed by atoms with Crippen molar-refractivity contribution in [2.24, 2.45) is 0 Å². The molecule has 0 aromatic rings. The SMILES string of the molecule is C1CCCCC1.[S]=[Ag]. The molecule has 0 radical (unpaired) electrons. The summed E-state index contributed by atoms with van der Waals surface area (Å²) in [6, 6.07) is 0. The molecule has 0 aliphatic heterocycles. The van der Waals surface area contributed by atoms with Gasteiger partial charge in [0, 0.05) is 0 Å². The maximum atomic E-state index is 3.89. The molecule has 8 heavy (non-hydrogen) atoms. The van der Waals surface area contributed by atoms with E-state index in [9.17, 15) is 0 Å². The van der Waals surface area contributed by atoms with Crippen molar-refractivity contribution in [1.82, 2.24) is 0 Å². The first-order valence-electron chi connectivity index (χ1n) is 3.12. The van der Waals surface area contributed by atoms with Gasteiger partial charge in [0.15, 0.2) is 0 Å². The van der Waals surface area contributed by atoms with Crippen LogP contribution in [-0.4, -0.2) is 0 Å². The van der Waals surface area contributed by atoms with Crippen LogP contribution in [0.5, 0.6) is 0 Å². The molecule has 0 nitrogen and oxygen atoms in total. The molecule has 0 atom stereocenters. The first kappa shape index (κ1) is 8.96. The van der Waals surface area contributed by atoms with Gasteiger partial charge in [0.2, 0.25) is 0 Å². The maximum absolute atomic E-state index is 3.89. The van der Waals surface area contributed by atoms with Crippen LogP contribution in [0, 0.1) is 0 Å². The molecule has 0 bridgehead atoms. The van der Waals surface area contributed by atoms with Crippen LogP contribution in [0.4, 0.5) is 0 Å². The molecular formula is C6H12AgS. The molecule has 0 aromatic carbocycles. The van der Waals surface area contributed by atoms with Crippen LogP contribution in [0.1, 0.15) is 38.5 Å². The molecule has 0 amide bonds. The van der Waals surface area contributed by atoms with Crippen LogP contribution in [-0.2, 0) is 19.2 Å². The Bertz CT molecular complexity index is 32.3. The normalized spacial score (nSPS) is 18.8. The van der Waals surface area contributed by atoms with Crippen LogP contribution < -0.4 is 0 Å². The van der Waals surface area contributed by atoms with Gasteiger partial charge >= 0.3 is 28.8 Å². The first-order valence-corrected chi connectivity index (χ1v) is 5.18. The molecule has 0 aromatic heterocycles. The molecule has 53 valence electrons. The molecule has 1 aliphatic carbocycles. The van der Waals surface area contributed by atoms with Crippen molar-refractivity contribution in [3.05, 3.63) is 0 Å². The van der Waals surface area contributed by atoms with Crippen molar-refractivity contribution in [2.75, 3.05) is 0 Å². The predicted octanol–water partition coefficient (Wildman–Crippen LogP) is 2.99. The van der Waals surface area contributed by atoms with E-state index in [1.54, 1.807) is 0 Å². The Labute approximate surface area is 67.3 Å². The molecule has 0 unspecified atom stereocenters. The molecule has 0 spiro atoms. The van der Waals surface area contributed by atoms with E-state index in [2.05, 4.69) is 28.8 Å². The Hall–Kier alpha value is 0.960. The summed E-state index contributed by atoms with van der Waals surface area (Å²) < 4.78 is 0. The Kier molecular flexibility index (Phi) is 8.92. The van der Waals surface area contributed by atoms with Crippen molar-refractivity contribution in [1.29, 1.82) is 0 Å². The second-order valence-electron chi connectivity index (χ2n) is 2.12. The molecule has 0 heterocycles. The summed E-state index contributed by atoms with van der Waals surface area (Å²) in [5.41, 5.74) is 0. The predicted molar refractivity (Wildman–Crippen MR) is 35.3 cm³/mol. The first-order chi connectivity index (χ1) is 4.00. The number of hydrogen-bond donors (Lipinski definition) is 0. The van der Waals surface area contributed by atoms with E-state index in [4.69, 9.17) is 0 Å². The zero-order chi connectivity index (χ0) is 6.24. The fourth-order valence-electron chi connectivity index (χ4n) is 1.06. The third kappa shape index (κ3) is 5.10. The topological polar surface area (TPSA) is 0 Å². The van der Waals surface area contributed by atoms with Crippen molar-refractivity contribution < 1.29 is 19.2 Å². The quantitative estimate of drug-likeness (QED) is 0.570. The van der Waals surface area contributed by atoms with E-state index in [-0.39, 0.29) is 0 Å². The van der Waals surface area contributed by atoms with E-state index in [0.29, 0.717) is 0 Å². The summed E-state index contributed by atoms with van der Waals surface area (Å²) in [7, 11) is 3.89. The van der Waals surface area contributed by atoms with Gasteiger partial charge in [0.05, 0.1) is 0 Å². The van der Waals surface area contributed by atoms with E-state index in [0.717, 1.165) is 0 Å². The van der Waals surface area contributed by atoms with E-state index in [1.807, 2.05) is 0 Å². The summed E-state index contributed by atoms with van der Waals surface area (Å²) in [6.07, 6.45) is 9.00. The van der Waals surface area contributed by atoms with Gasteiger partial charge in [-0.25, -0.2) is 0 Å². The molecule has 2 heteroatoms. The third-order valence-electron chi connectivity index (χ3n) is 1.50. The second kappa shape index (κ2) is 7.96. The van der Waals surface area contributed by atoms with Crippen molar-refractivity contribution in [2.45, 2.75) is 38.5 Å². The summed E-state index contributed by atoms with van der Waals surface area (Å²) >= 11 is 2.53. The minimum absolute atomic E-state index is 1.50. The Morgan fingerprint density at radius 1 is 0.625 bits per heavy atom. The standard InChI is InChI=1S/C6H12.Ag.S/c1-2-4-6-5-3-1;;/h1-6H2;;. The van der Waals surface area contributed by atoms with Crippen molar-refractivity contribution in [3.8, 4) is 0 Å². The average Bonchev–Trinajstić information content (AvgIpc) is 1.96. The molecule has 1 rings (SSSR count). The fourth-order valence-corrected chi connectivity index (χ4v) is 1.06. The van der Waals surface area contributed by atoms with Crippen LogP contribution in [0.15, 0.2) is 0 Å². The van der Waals surface area contributed by atoms with Gasteiger partial charge in [-0.1, -0.05) is 38.5 Å². The van der Waals surface area contributed by atoms with Crippen molar-refractivity contribution >= 4 is 9.58 Å². The summed E-state index contributed by atoms with van der Waals surface area (Å²) in [6.45, 7) is 0. The van der Waals surface area contributed by atoms with Gasteiger partial charge in [0.25, 0.3) is 0 Å². The van der Waals surface area contributed by atoms with Gasteiger partial charge < -0.3 is 0 Å². The van der Waals surface area contributed by atoms with E-state index >= 15 is 0 Å². The summed E-state index contributed by atoms with van der Waals surface area (Å²) in [5.74, 6) is 0. The van der Waals surface area contributed by atoms with Crippen LogP contribution in [0.3, 0.4) is 0 Å². The van der Waals surface area contributed by atoms with Gasteiger partial charge in [-0.3, -0.25) is 0 Å². The third-order valence-corrected chi connectivity index (χ3v) is 1.50. The van der Waals surface area contributed by atoms with Crippen LogP contribution in [0.2, 0.25) is 0 Å². The van der Waals surface area contributed by atoms with Gasteiger partial charge in [-0.15, -0.1) is 0 Å². The van der Waals surface area contributed by atoms with Crippen LogP contribution >= 0.6 is 9.58 Å². The molecule has 1 saturated carbocycles. The molecule has 0 saturated heterocycles. The zero-order valence-electron chi connectivity index (χ0n) is 4.95. The molecular weight excluding hydrogens is 212 g/mol. The zero-order valence-corrected chi connectivity index (χ0v) is 7.25. The molecule has 0 N–H and O–H groups in total.